The Morgan fingerprint density at radius 1 is 1.18 bits per heavy atom. The number of rotatable bonds is 5. The Hall–Kier alpha value is -2.20. The number of benzene rings is 2. The van der Waals surface area contributed by atoms with Gasteiger partial charge in [0.05, 0.1) is 5.02 Å². The van der Waals surface area contributed by atoms with Crippen LogP contribution in [0.3, 0.4) is 0 Å². The second kappa shape index (κ2) is 7.18. The summed E-state index contributed by atoms with van der Waals surface area (Å²) in [6.45, 7) is 1.86. The van der Waals surface area contributed by atoms with Gasteiger partial charge in [-0.25, -0.2) is 0 Å². The predicted molar refractivity (Wildman–Crippen MR) is 91.1 cm³/mol. The van der Waals surface area contributed by atoms with Gasteiger partial charge in [-0.3, -0.25) is 4.79 Å². The zero-order chi connectivity index (χ0) is 16.1. The van der Waals surface area contributed by atoms with E-state index < -0.39 is 0 Å². The van der Waals surface area contributed by atoms with Crippen LogP contribution in [0, 0.1) is 6.92 Å². The van der Waals surface area contributed by atoms with Crippen molar-refractivity contribution in [1.82, 2.24) is 0 Å². The van der Waals surface area contributed by atoms with Gasteiger partial charge in [0.15, 0.2) is 6.61 Å². The number of carbonyl (C=O) groups excluding carboxylic acids is 1. The Kier molecular flexibility index (Phi) is 5.28. The summed E-state index contributed by atoms with van der Waals surface area (Å²) in [4.78, 5) is 13.9. The first-order valence-corrected chi connectivity index (χ1v) is 7.29. The molecule has 0 unspecified atom stereocenters. The van der Waals surface area contributed by atoms with Crippen molar-refractivity contribution in [3.8, 4) is 5.75 Å². The largest absolute Gasteiger partial charge is 0.482 e. The van der Waals surface area contributed by atoms with Crippen LogP contribution in [-0.4, -0.2) is 26.6 Å². The topological polar surface area (TPSA) is 41.6 Å². The molecule has 0 atom stereocenters. The van der Waals surface area contributed by atoms with Gasteiger partial charge < -0.3 is 15.0 Å². The molecule has 0 aliphatic heterocycles. The Balaban J connectivity index is 1.91. The maximum Gasteiger partial charge on any atom is 0.262 e. The van der Waals surface area contributed by atoms with Crippen molar-refractivity contribution in [2.75, 3.05) is 30.9 Å². The molecule has 1 N–H and O–H groups in total. The minimum absolute atomic E-state index is 0.0847. The lowest BCUT2D eigenvalue weighted by atomic mass is 10.2. The van der Waals surface area contributed by atoms with E-state index in [9.17, 15) is 4.79 Å². The number of halogens is 1. The van der Waals surface area contributed by atoms with Crippen molar-refractivity contribution in [3.63, 3.8) is 0 Å². The second-order valence-corrected chi connectivity index (χ2v) is 5.62. The molecular formula is C17H19ClN2O2. The highest BCUT2D eigenvalue weighted by molar-refractivity contribution is 6.32. The molecule has 0 aromatic heterocycles. The third-order valence-electron chi connectivity index (χ3n) is 3.11. The molecule has 2 aromatic rings. The van der Waals surface area contributed by atoms with Gasteiger partial charge in [-0.05, 0) is 48.9 Å². The van der Waals surface area contributed by atoms with E-state index in [1.165, 1.54) is 0 Å². The summed E-state index contributed by atoms with van der Waals surface area (Å²) in [6.07, 6.45) is 0. The minimum atomic E-state index is -0.227. The lowest BCUT2D eigenvalue weighted by Crippen LogP contribution is -2.20. The van der Waals surface area contributed by atoms with Crippen molar-refractivity contribution >= 4 is 28.9 Å². The monoisotopic (exact) mass is 318 g/mol. The van der Waals surface area contributed by atoms with Crippen LogP contribution in [0.15, 0.2) is 42.5 Å². The highest BCUT2D eigenvalue weighted by Crippen LogP contribution is 2.25. The molecule has 2 aromatic carbocycles. The fraction of sp³-hybridized carbons (Fsp3) is 0.235. The van der Waals surface area contributed by atoms with Crippen LogP contribution in [0.4, 0.5) is 11.4 Å². The molecule has 0 spiro atoms. The first-order valence-electron chi connectivity index (χ1n) is 6.92. The fourth-order valence-electron chi connectivity index (χ4n) is 1.90. The number of carbonyl (C=O) groups is 1. The van der Waals surface area contributed by atoms with E-state index in [1.807, 2.05) is 62.3 Å². The number of ether oxygens (including phenoxy) is 1. The smallest absolute Gasteiger partial charge is 0.262 e. The Morgan fingerprint density at radius 3 is 2.50 bits per heavy atom. The summed E-state index contributed by atoms with van der Waals surface area (Å²) >= 11 is 6.03. The van der Waals surface area contributed by atoms with Gasteiger partial charge in [0, 0.05) is 25.5 Å². The van der Waals surface area contributed by atoms with E-state index in [1.54, 1.807) is 6.07 Å². The van der Waals surface area contributed by atoms with Gasteiger partial charge in [-0.1, -0.05) is 17.7 Å². The van der Waals surface area contributed by atoms with Crippen LogP contribution in [0.25, 0.3) is 0 Å². The summed E-state index contributed by atoms with van der Waals surface area (Å²) in [7, 11) is 3.93. The van der Waals surface area contributed by atoms with Crippen molar-refractivity contribution in [2.45, 2.75) is 6.92 Å². The van der Waals surface area contributed by atoms with Crippen molar-refractivity contribution in [3.05, 3.63) is 53.1 Å². The number of nitrogens with zero attached hydrogens (tertiary/aromatic N) is 1. The molecule has 22 heavy (non-hydrogen) atoms. The summed E-state index contributed by atoms with van der Waals surface area (Å²) in [5.41, 5.74) is 2.83. The molecule has 0 heterocycles. The molecular weight excluding hydrogens is 300 g/mol. The maximum absolute atomic E-state index is 11.9. The standard InChI is InChI=1S/C17H19ClN2O2/c1-12-4-9-15(18)16(10-12)22-11-17(21)19-13-5-7-14(8-6-13)20(2)3/h4-10H,11H2,1-3H3,(H,19,21). The number of hydrogen-bond acceptors (Lipinski definition) is 3. The van der Waals surface area contributed by atoms with E-state index in [0.29, 0.717) is 10.8 Å². The van der Waals surface area contributed by atoms with Crippen molar-refractivity contribution < 1.29 is 9.53 Å². The number of nitrogens with one attached hydrogen (secondary N) is 1. The predicted octanol–water partition coefficient (Wildman–Crippen LogP) is 3.73. The Morgan fingerprint density at radius 2 is 1.86 bits per heavy atom. The van der Waals surface area contributed by atoms with Crippen LogP contribution in [0.1, 0.15) is 5.56 Å². The molecule has 0 saturated heterocycles. The quantitative estimate of drug-likeness (QED) is 0.913. The SMILES string of the molecule is Cc1ccc(Cl)c(OCC(=O)Nc2ccc(N(C)C)cc2)c1. The summed E-state index contributed by atoms with van der Waals surface area (Å²) in [5, 5.41) is 3.28. The summed E-state index contributed by atoms with van der Waals surface area (Å²) in [6, 6.07) is 13.0. The van der Waals surface area contributed by atoms with Crippen LogP contribution >= 0.6 is 11.6 Å². The second-order valence-electron chi connectivity index (χ2n) is 5.21. The molecule has 0 aliphatic rings. The van der Waals surface area contributed by atoms with Gasteiger partial charge in [0.2, 0.25) is 0 Å². The van der Waals surface area contributed by atoms with Gasteiger partial charge in [0.1, 0.15) is 5.75 Å². The zero-order valence-corrected chi connectivity index (χ0v) is 13.6. The highest BCUT2D eigenvalue weighted by atomic mass is 35.5. The van der Waals surface area contributed by atoms with E-state index in [2.05, 4.69) is 5.32 Å². The van der Waals surface area contributed by atoms with Crippen molar-refractivity contribution in [1.29, 1.82) is 0 Å². The average Bonchev–Trinajstić information content (AvgIpc) is 2.49. The van der Waals surface area contributed by atoms with Gasteiger partial charge in [0.25, 0.3) is 5.91 Å². The number of anilines is 2. The third-order valence-corrected chi connectivity index (χ3v) is 3.43. The molecule has 4 nitrogen and oxygen atoms in total. The lowest BCUT2D eigenvalue weighted by molar-refractivity contribution is -0.118. The molecule has 0 saturated carbocycles. The van der Waals surface area contributed by atoms with Gasteiger partial charge in [-0.2, -0.15) is 0 Å². The van der Waals surface area contributed by atoms with E-state index in [-0.39, 0.29) is 12.5 Å². The molecule has 5 heteroatoms. The van der Waals surface area contributed by atoms with Crippen LogP contribution in [0.2, 0.25) is 5.02 Å². The van der Waals surface area contributed by atoms with Gasteiger partial charge >= 0.3 is 0 Å². The molecule has 0 radical (unpaired) electrons. The van der Waals surface area contributed by atoms with Gasteiger partial charge in [-0.15, -0.1) is 0 Å². The van der Waals surface area contributed by atoms with E-state index in [0.717, 1.165) is 16.9 Å². The highest BCUT2D eigenvalue weighted by Gasteiger charge is 2.07. The minimum Gasteiger partial charge on any atom is -0.482 e. The molecule has 116 valence electrons. The maximum atomic E-state index is 11.9. The average molecular weight is 319 g/mol. The lowest BCUT2D eigenvalue weighted by Gasteiger charge is -2.13. The van der Waals surface area contributed by atoms with Crippen LogP contribution in [-0.2, 0) is 4.79 Å². The zero-order valence-electron chi connectivity index (χ0n) is 12.9. The summed E-state index contributed by atoms with van der Waals surface area (Å²) < 4.78 is 5.46. The molecule has 0 aliphatic carbocycles. The number of aryl methyl sites for hydroxylation is 1. The number of hydrogen-bond donors (Lipinski definition) is 1. The molecule has 2 rings (SSSR count). The van der Waals surface area contributed by atoms with E-state index in [4.69, 9.17) is 16.3 Å². The Labute approximate surface area is 135 Å². The molecule has 0 bridgehead atoms. The fourth-order valence-corrected chi connectivity index (χ4v) is 2.08. The van der Waals surface area contributed by atoms with Crippen LogP contribution in [0.5, 0.6) is 5.75 Å². The summed E-state index contributed by atoms with van der Waals surface area (Å²) in [5.74, 6) is 0.287. The molecule has 0 fully saturated rings. The van der Waals surface area contributed by atoms with E-state index >= 15 is 0 Å². The Bertz CT molecular complexity index is 654. The number of amides is 1. The first-order chi connectivity index (χ1) is 10.5. The third kappa shape index (κ3) is 4.40. The molecule has 1 amide bonds. The van der Waals surface area contributed by atoms with Crippen molar-refractivity contribution in [2.24, 2.45) is 0 Å². The van der Waals surface area contributed by atoms with Crippen LogP contribution < -0.4 is 15.0 Å². The normalized spacial score (nSPS) is 10.2. The first kappa shape index (κ1) is 16.2.